The Balaban J connectivity index is 3.05. The van der Waals surface area contributed by atoms with Crippen molar-refractivity contribution in [2.24, 2.45) is 0 Å². The van der Waals surface area contributed by atoms with Gasteiger partial charge < -0.3 is 5.11 Å². The third-order valence-corrected chi connectivity index (χ3v) is 4.26. The van der Waals surface area contributed by atoms with Gasteiger partial charge in [-0.2, -0.15) is 4.72 Å². The van der Waals surface area contributed by atoms with Crippen molar-refractivity contribution in [3.63, 3.8) is 0 Å². The number of benzene rings is 1. The minimum atomic E-state index is -4.05. The summed E-state index contributed by atoms with van der Waals surface area (Å²) < 4.78 is 25.1. The maximum absolute atomic E-state index is 11.6. The zero-order chi connectivity index (χ0) is 13.2. The lowest BCUT2D eigenvalue weighted by atomic mass is 10.4. The summed E-state index contributed by atoms with van der Waals surface area (Å²) in [7, 11) is -4.05. The summed E-state index contributed by atoms with van der Waals surface area (Å²) in [5, 5.41) is 8.71. The molecule has 0 heterocycles. The molecule has 0 radical (unpaired) electrons. The number of hydrogen-bond acceptors (Lipinski definition) is 3. The lowest BCUT2D eigenvalue weighted by Crippen LogP contribution is -2.36. The van der Waals surface area contributed by atoms with E-state index in [0.717, 1.165) is 6.07 Å². The van der Waals surface area contributed by atoms with Gasteiger partial charge >= 0.3 is 5.97 Å². The van der Waals surface area contributed by atoms with Crippen LogP contribution in [-0.4, -0.2) is 25.0 Å². The molecule has 1 unspecified atom stereocenters. The van der Waals surface area contributed by atoms with E-state index in [1.54, 1.807) is 4.72 Å². The molecule has 0 fully saturated rings. The van der Waals surface area contributed by atoms with Gasteiger partial charge in [-0.1, -0.05) is 34.8 Å². The van der Waals surface area contributed by atoms with Crippen molar-refractivity contribution in [3.8, 4) is 0 Å². The van der Waals surface area contributed by atoms with E-state index in [9.17, 15) is 13.2 Å². The maximum Gasteiger partial charge on any atom is 0.337 e. The maximum atomic E-state index is 11.6. The zero-order valence-corrected chi connectivity index (χ0v) is 11.1. The molecule has 0 saturated heterocycles. The number of sulfonamides is 1. The summed E-state index contributed by atoms with van der Waals surface area (Å²) in [6.45, 7) is 0. The van der Waals surface area contributed by atoms with Gasteiger partial charge in [0.15, 0.2) is 5.50 Å². The highest BCUT2D eigenvalue weighted by atomic mass is 35.5. The number of carboxylic acid groups (broad SMARTS) is 1. The SMILES string of the molecule is O=C(O)C(Cl)NS(=O)(=O)c1ccc(Cl)c(Cl)c1. The van der Waals surface area contributed by atoms with Crippen molar-refractivity contribution < 1.29 is 18.3 Å². The summed E-state index contributed by atoms with van der Waals surface area (Å²) >= 11 is 16.5. The first kappa shape index (κ1) is 14.5. The van der Waals surface area contributed by atoms with Crippen molar-refractivity contribution in [2.45, 2.75) is 10.4 Å². The Morgan fingerprint density at radius 1 is 1.29 bits per heavy atom. The number of carbonyl (C=O) groups is 1. The van der Waals surface area contributed by atoms with Gasteiger partial charge in [0, 0.05) is 0 Å². The molecule has 0 aliphatic carbocycles. The van der Waals surface area contributed by atoms with Gasteiger partial charge in [-0.3, -0.25) is 0 Å². The minimum Gasteiger partial charge on any atom is -0.479 e. The van der Waals surface area contributed by atoms with Crippen LogP contribution in [0.15, 0.2) is 23.1 Å². The highest BCUT2D eigenvalue weighted by Crippen LogP contribution is 2.24. The first-order valence-electron chi connectivity index (χ1n) is 4.08. The van der Waals surface area contributed by atoms with Crippen molar-refractivity contribution in [2.75, 3.05) is 0 Å². The van der Waals surface area contributed by atoms with Gasteiger partial charge in [-0.25, -0.2) is 13.2 Å². The molecule has 1 aromatic rings. The fourth-order valence-corrected chi connectivity index (χ4v) is 2.64. The van der Waals surface area contributed by atoms with Crippen molar-refractivity contribution in [1.82, 2.24) is 4.72 Å². The van der Waals surface area contributed by atoms with Crippen molar-refractivity contribution >= 4 is 50.8 Å². The highest BCUT2D eigenvalue weighted by molar-refractivity contribution is 7.89. The second-order valence-corrected chi connectivity index (χ2v) is 5.86. The average Bonchev–Trinajstić information content (AvgIpc) is 2.21. The van der Waals surface area contributed by atoms with E-state index in [1.807, 2.05) is 0 Å². The van der Waals surface area contributed by atoms with E-state index in [0.29, 0.717) is 0 Å². The minimum absolute atomic E-state index is 0.0380. The smallest absolute Gasteiger partial charge is 0.337 e. The fraction of sp³-hybridized carbons (Fsp3) is 0.125. The van der Waals surface area contributed by atoms with E-state index in [1.165, 1.54) is 12.1 Å². The molecule has 0 aliphatic rings. The third kappa shape index (κ3) is 3.72. The summed E-state index contributed by atoms with van der Waals surface area (Å²) in [4.78, 5) is 10.2. The molecule has 1 aromatic carbocycles. The zero-order valence-electron chi connectivity index (χ0n) is 8.02. The number of nitrogens with one attached hydrogen (secondary N) is 1. The van der Waals surface area contributed by atoms with Crippen LogP contribution in [0.25, 0.3) is 0 Å². The van der Waals surface area contributed by atoms with E-state index in [-0.39, 0.29) is 14.9 Å². The van der Waals surface area contributed by atoms with Gasteiger partial charge in [0.25, 0.3) is 0 Å². The highest BCUT2D eigenvalue weighted by Gasteiger charge is 2.23. The van der Waals surface area contributed by atoms with Crippen LogP contribution >= 0.6 is 34.8 Å². The third-order valence-electron chi connectivity index (χ3n) is 1.68. The Bertz CT molecular complexity index is 546. The number of carboxylic acids is 1. The number of alkyl halides is 1. The summed E-state index contributed by atoms with van der Waals surface area (Å²) in [6, 6.07) is 3.56. The molecule has 0 amide bonds. The summed E-state index contributed by atoms with van der Waals surface area (Å²) in [5.74, 6) is -1.50. The second-order valence-electron chi connectivity index (χ2n) is 2.90. The van der Waals surface area contributed by atoms with Gasteiger partial charge in [-0.15, -0.1) is 0 Å². The van der Waals surface area contributed by atoms with Crippen LogP contribution in [0.3, 0.4) is 0 Å². The largest absolute Gasteiger partial charge is 0.479 e. The molecule has 2 N–H and O–H groups in total. The van der Waals surface area contributed by atoms with Gasteiger partial charge in [-0.05, 0) is 18.2 Å². The standard InChI is InChI=1S/C8H6Cl3NO4S/c9-5-2-1-4(3-6(5)10)17(15,16)12-7(11)8(13)14/h1-3,7,12H,(H,13,14). The molecule has 0 saturated carbocycles. The van der Waals surface area contributed by atoms with Crippen LogP contribution in [0.1, 0.15) is 0 Å². The number of halogens is 3. The summed E-state index contributed by atoms with van der Waals surface area (Å²) in [5.41, 5.74) is -1.76. The number of hydrogen-bond donors (Lipinski definition) is 2. The molecule has 0 aliphatic heterocycles. The van der Waals surface area contributed by atoms with Crippen LogP contribution in [0.5, 0.6) is 0 Å². The van der Waals surface area contributed by atoms with E-state index in [2.05, 4.69) is 0 Å². The predicted octanol–water partition coefficient (Wildman–Crippen LogP) is 1.92. The molecule has 0 spiro atoms. The first-order valence-corrected chi connectivity index (χ1v) is 6.76. The van der Waals surface area contributed by atoms with Crippen LogP contribution in [0, 0.1) is 0 Å². The van der Waals surface area contributed by atoms with Crippen molar-refractivity contribution in [3.05, 3.63) is 28.2 Å². The second kappa shape index (κ2) is 5.41. The molecule has 94 valence electrons. The Labute approximate surface area is 112 Å². The molecular weight excluding hydrogens is 313 g/mol. The first-order chi connectivity index (χ1) is 7.74. The van der Waals surface area contributed by atoms with E-state index in [4.69, 9.17) is 39.9 Å². The predicted molar refractivity (Wildman–Crippen MR) is 64.1 cm³/mol. The van der Waals surface area contributed by atoms with E-state index >= 15 is 0 Å². The Morgan fingerprint density at radius 3 is 2.35 bits per heavy atom. The molecule has 1 atom stereocenters. The monoisotopic (exact) mass is 317 g/mol. The van der Waals surface area contributed by atoms with Crippen LogP contribution in [-0.2, 0) is 14.8 Å². The van der Waals surface area contributed by atoms with Crippen LogP contribution < -0.4 is 4.72 Å². The van der Waals surface area contributed by atoms with Gasteiger partial charge in [0.2, 0.25) is 10.0 Å². The normalized spacial score (nSPS) is 13.4. The lowest BCUT2D eigenvalue weighted by molar-refractivity contribution is -0.136. The van der Waals surface area contributed by atoms with Crippen LogP contribution in [0.4, 0.5) is 0 Å². The molecule has 0 bridgehead atoms. The summed E-state index contributed by atoms with van der Waals surface area (Å²) in [6.07, 6.45) is 0. The quantitative estimate of drug-likeness (QED) is 0.656. The lowest BCUT2D eigenvalue weighted by Gasteiger charge is -2.09. The molecular formula is C8H6Cl3NO4S. The van der Waals surface area contributed by atoms with Crippen molar-refractivity contribution in [1.29, 1.82) is 0 Å². The Morgan fingerprint density at radius 2 is 1.88 bits per heavy atom. The van der Waals surface area contributed by atoms with Gasteiger partial charge in [0.05, 0.1) is 14.9 Å². The average molecular weight is 319 g/mol. The topological polar surface area (TPSA) is 83.5 Å². The molecule has 17 heavy (non-hydrogen) atoms. The molecule has 5 nitrogen and oxygen atoms in total. The number of aliphatic carboxylic acids is 1. The van der Waals surface area contributed by atoms with Gasteiger partial charge in [0.1, 0.15) is 0 Å². The Hall–Kier alpha value is -0.530. The molecule has 0 aromatic heterocycles. The van der Waals surface area contributed by atoms with Crippen LogP contribution in [0.2, 0.25) is 10.0 Å². The fourth-order valence-electron chi connectivity index (χ4n) is 0.899. The van der Waals surface area contributed by atoms with E-state index < -0.39 is 21.5 Å². The molecule has 1 rings (SSSR count). The Kier molecular flexibility index (Phi) is 4.62. The number of rotatable bonds is 4. The molecule has 9 heteroatoms.